The zero-order chi connectivity index (χ0) is 16.4. The van der Waals surface area contributed by atoms with Crippen molar-refractivity contribution in [3.63, 3.8) is 0 Å². The van der Waals surface area contributed by atoms with Crippen molar-refractivity contribution in [2.24, 2.45) is 0 Å². The molecular formula is C19H40OSi. The summed E-state index contributed by atoms with van der Waals surface area (Å²) >= 11 is 0. The highest BCUT2D eigenvalue weighted by Gasteiger charge is 2.36. The van der Waals surface area contributed by atoms with E-state index in [0.717, 1.165) is 13.0 Å². The second kappa shape index (κ2) is 10.6. The summed E-state index contributed by atoms with van der Waals surface area (Å²) in [5, 5.41) is 0.324. The molecule has 0 N–H and O–H groups in total. The average Bonchev–Trinajstić information content (AvgIpc) is 2.37. The number of hydrogen-bond acceptors (Lipinski definition) is 1. The highest BCUT2D eigenvalue weighted by molar-refractivity contribution is 6.74. The minimum Gasteiger partial charge on any atom is -0.417 e. The lowest BCUT2D eigenvalue weighted by atomic mass is 10.1. The summed E-state index contributed by atoms with van der Waals surface area (Å²) < 4.78 is 6.21. The molecule has 0 aromatic rings. The zero-order valence-corrected chi connectivity index (χ0v) is 16.8. The van der Waals surface area contributed by atoms with Crippen molar-refractivity contribution in [3.8, 4) is 0 Å². The molecule has 0 aromatic carbocycles. The summed E-state index contributed by atoms with van der Waals surface area (Å²) in [4.78, 5) is 0. The summed E-state index contributed by atoms with van der Waals surface area (Å²) in [7, 11) is -1.55. The summed E-state index contributed by atoms with van der Waals surface area (Å²) in [5.74, 6) is 0. The minimum absolute atomic E-state index is 0.324. The Hall–Kier alpha value is -0.0831. The second-order valence-electron chi connectivity index (χ2n) is 7.97. The maximum absolute atomic E-state index is 6.21. The lowest BCUT2D eigenvalue weighted by molar-refractivity contribution is 0.294. The van der Waals surface area contributed by atoms with Crippen LogP contribution < -0.4 is 0 Å². The van der Waals surface area contributed by atoms with Gasteiger partial charge in [0.25, 0.3) is 0 Å². The SMILES string of the molecule is CCCCCCCC/C(C)=C/CCO[Si](C)(C)C(C)(C)C. The van der Waals surface area contributed by atoms with Crippen LogP contribution >= 0.6 is 0 Å². The van der Waals surface area contributed by atoms with E-state index in [4.69, 9.17) is 4.43 Å². The molecule has 0 unspecified atom stereocenters. The Balaban J connectivity index is 3.74. The lowest BCUT2D eigenvalue weighted by Crippen LogP contribution is -2.40. The molecule has 0 aliphatic carbocycles. The van der Waals surface area contributed by atoms with E-state index in [1.165, 1.54) is 44.9 Å². The van der Waals surface area contributed by atoms with E-state index < -0.39 is 8.32 Å². The van der Waals surface area contributed by atoms with E-state index in [1.54, 1.807) is 5.57 Å². The molecule has 0 aliphatic rings. The molecule has 0 bridgehead atoms. The third kappa shape index (κ3) is 10.3. The molecule has 0 fully saturated rings. The molecule has 0 saturated heterocycles. The maximum atomic E-state index is 6.21. The summed E-state index contributed by atoms with van der Waals surface area (Å²) in [6.45, 7) is 17.0. The first-order valence-electron chi connectivity index (χ1n) is 9.00. The van der Waals surface area contributed by atoms with Crippen LogP contribution in [0.15, 0.2) is 11.6 Å². The van der Waals surface area contributed by atoms with Crippen LogP contribution in [0.4, 0.5) is 0 Å². The maximum Gasteiger partial charge on any atom is 0.191 e. The van der Waals surface area contributed by atoms with Gasteiger partial charge in [0.05, 0.1) is 0 Å². The van der Waals surface area contributed by atoms with Gasteiger partial charge in [-0.2, -0.15) is 0 Å². The zero-order valence-electron chi connectivity index (χ0n) is 15.8. The quantitative estimate of drug-likeness (QED) is 0.225. The normalized spacial score (nSPS) is 13.8. The predicted octanol–water partition coefficient (Wildman–Crippen LogP) is 7.10. The molecule has 0 heterocycles. The summed E-state index contributed by atoms with van der Waals surface area (Å²) in [6, 6.07) is 0. The van der Waals surface area contributed by atoms with Gasteiger partial charge in [-0.1, -0.05) is 71.4 Å². The van der Waals surface area contributed by atoms with Gasteiger partial charge in [0.2, 0.25) is 0 Å². The van der Waals surface area contributed by atoms with Crippen molar-refractivity contribution in [3.05, 3.63) is 11.6 Å². The standard InChI is InChI=1S/C19H40OSi/c1-8-9-10-11-12-13-15-18(2)16-14-17-20-21(6,7)19(3,4)5/h16H,8-15,17H2,1-7H3/b18-16+. The first kappa shape index (κ1) is 20.9. The van der Waals surface area contributed by atoms with Gasteiger partial charge in [0, 0.05) is 6.61 Å². The van der Waals surface area contributed by atoms with Gasteiger partial charge in [0.15, 0.2) is 8.32 Å². The van der Waals surface area contributed by atoms with E-state index in [0.29, 0.717) is 5.04 Å². The topological polar surface area (TPSA) is 9.23 Å². The molecule has 0 radical (unpaired) electrons. The molecule has 126 valence electrons. The monoisotopic (exact) mass is 312 g/mol. The Morgan fingerprint density at radius 1 is 1.00 bits per heavy atom. The summed E-state index contributed by atoms with van der Waals surface area (Å²) in [6.07, 6.45) is 13.1. The van der Waals surface area contributed by atoms with Crippen LogP contribution in [0.5, 0.6) is 0 Å². The van der Waals surface area contributed by atoms with E-state index >= 15 is 0 Å². The summed E-state index contributed by atoms with van der Waals surface area (Å²) in [5.41, 5.74) is 1.55. The van der Waals surface area contributed by atoms with Crippen LogP contribution in [-0.4, -0.2) is 14.9 Å². The first-order valence-corrected chi connectivity index (χ1v) is 11.9. The van der Waals surface area contributed by atoms with Crippen LogP contribution in [-0.2, 0) is 4.43 Å². The predicted molar refractivity (Wildman–Crippen MR) is 99.5 cm³/mol. The fraction of sp³-hybridized carbons (Fsp3) is 0.895. The first-order chi connectivity index (χ1) is 9.70. The van der Waals surface area contributed by atoms with Crippen LogP contribution in [0, 0.1) is 0 Å². The molecule has 0 atom stereocenters. The highest BCUT2D eigenvalue weighted by atomic mass is 28.4. The van der Waals surface area contributed by atoms with Crippen LogP contribution in [0.1, 0.15) is 86.0 Å². The van der Waals surface area contributed by atoms with Gasteiger partial charge in [-0.25, -0.2) is 0 Å². The molecule has 1 nitrogen and oxygen atoms in total. The van der Waals surface area contributed by atoms with E-state index in [1.807, 2.05) is 0 Å². The number of rotatable bonds is 11. The molecule has 0 spiro atoms. The van der Waals surface area contributed by atoms with Crippen molar-refractivity contribution in [1.82, 2.24) is 0 Å². The van der Waals surface area contributed by atoms with Gasteiger partial charge >= 0.3 is 0 Å². The van der Waals surface area contributed by atoms with Crippen LogP contribution in [0.2, 0.25) is 18.1 Å². The molecule has 0 aliphatic heterocycles. The Bertz CT molecular complexity index is 286. The fourth-order valence-electron chi connectivity index (χ4n) is 2.12. The smallest absolute Gasteiger partial charge is 0.191 e. The molecular weight excluding hydrogens is 272 g/mol. The molecule has 0 saturated carbocycles. The molecule has 0 rings (SSSR count). The van der Waals surface area contributed by atoms with Gasteiger partial charge in [-0.05, 0) is 44.3 Å². The third-order valence-electron chi connectivity index (χ3n) is 4.80. The average molecular weight is 313 g/mol. The van der Waals surface area contributed by atoms with Crippen LogP contribution in [0.3, 0.4) is 0 Å². The Morgan fingerprint density at radius 3 is 2.14 bits per heavy atom. The largest absolute Gasteiger partial charge is 0.417 e. The third-order valence-corrected chi connectivity index (χ3v) is 9.34. The molecule has 2 heteroatoms. The van der Waals surface area contributed by atoms with E-state index in [-0.39, 0.29) is 0 Å². The van der Waals surface area contributed by atoms with Crippen molar-refractivity contribution in [1.29, 1.82) is 0 Å². The molecule has 0 amide bonds. The number of hydrogen-bond donors (Lipinski definition) is 0. The van der Waals surface area contributed by atoms with Crippen molar-refractivity contribution < 1.29 is 4.43 Å². The lowest BCUT2D eigenvalue weighted by Gasteiger charge is -2.36. The minimum atomic E-state index is -1.55. The van der Waals surface area contributed by atoms with Gasteiger partial charge in [-0.15, -0.1) is 0 Å². The second-order valence-corrected chi connectivity index (χ2v) is 12.8. The molecule has 21 heavy (non-hydrogen) atoms. The van der Waals surface area contributed by atoms with E-state index in [2.05, 4.69) is 53.8 Å². The Labute approximate surface area is 135 Å². The Morgan fingerprint density at radius 2 is 1.57 bits per heavy atom. The van der Waals surface area contributed by atoms with Crippen molar-refractivity contribution in [2.75, 3.05) is 6.61 Å². The number of allylic oxidation sites excluding steroid dienone is 1. The number of unbranched alkanes of at least 4 members (excludes halogenated alkanes) is 5. The highest BCUT2D eigenvalue weighted by Crippen LogP contribution is 2.36. The van der Waals surface area contributed by atoms with E-state index in [9.17, 15) is 0 Å². The molecule has 0 aromatic heterocycles. The van der Waals surface area contributed by atoms with Crippen molar-refractivity contribution in [2.45, 2.75) is 104 Å². The van der Waals surface area contributed by atoms with Crippen molar-refractivity contribution >= 4 is 8.32 Å². The van der Waals surface area contributed by atoms with Gasteiger partial charge < -0.3 is 4.43 Å². The Kier molecular flexibility index (Phi) is 10.6. The fourth-order valence-corrected chi connectivity index (χ4v) is 3.18. The van der Waals surface area contributed by atoms with Crippen LogP contribution in [0.25, 0.3) is 0 Å². The van der Waals surface area contributed by atoms with Gasteiger partial charge in [0.1, 0.15) is 0 Å². The van der Waals surface area contributed by atoms with Gasteiger partial charge in [-0.3, -0.25) is 0 Å².